The second-order valence-electron chi connectivity index (χ2n) is 11.8. The van der Waals surface area contributed by atoms with Gasteiger partial charge in [-0.2, -0.15) is 0 Å². The quantitative estimate of drug-likeness (QED) is 0.209. The van der Waals surface area contributed by atoms with E-state index < -0.39 is 17.6 Å². The van der Waals surface area contributed by atoms with E-state index in [2.05, 4.69) is 27.3 Å². The van der Waals surface area contributed by atoms with Crippen molar-refractivity contribution in [2.45, 2.75) is 49.8 Å². The Kier molecular flexibility index (Phi) is 13.7. The molecule has 2 aromatic carbocycles. The first-order valence-corrected chi connectivity index (χ1v) is 16.6. The lowest BCUT2D eigenvalue weighted by molar-refractivity contribution is -0.138. The molecule has 0 radical (unpaired) electrons. The first kappa shape index (κ1) is 34.1. The molecule has 2 fully saturated rings. The van der Waals surface area contributed by atoms with Gasteiger partial charge in [0, 0.05) is 54.4 Å². The maximum Gasteiger partial charge on any atom is 0.303 e. The van der Waals surface area contributed by atoms with Crippen molar-refractivity contribution in [3.8, 4) is 5.75 Å². The van der Waals surface area contributed by atoms with Gasteiger partial charge in [0.2, 0.25) is 0 Å². The highest BCUT2D eigenvalue weighted by Gasteiger charge is 2.28. The third-order valence-electron chi connectivity index (χ3n) is 8.64. The van der Waals surface area contributed by atoms with Gasteiger partial charge in [-0.05, 0) is 118 Å². The maximum absolute atomic E-state index is 13.4. The third-order valence-corrected chi connectivity index (χ3v) is 9.60. The van der Waals surface area contributed by atoms with Gasteiger partial charge in [-0.25, -0.2) is 8.78 Å². The fourth-order valence-corrected chi connectivity index (χ4v) is 7.25. The maximum atomic E-state index is 13.4. The van der Waals surface area contributed by atoms with Crippen molar-refractivity contribution in [3.05, 3.63) is 65.9 Å². The van der Waals surface area contributed by atoms with E-state index >= 15 is 0 Å². The van der Waals surface area contributed by atoms with Crippen LogP contribution >= 0.6 is 11.8 Å². The van der Waals surface area contributed by atoms with Crippen molar-refractivity contribution >= 4 is 28.6 Å². The Morgan fingerprint density at radius 1 is 1.14 bits per heavy atom. The Hall–Kier alpha value is -2.79. The molecule has 1 unspecified atom stereocenters. The molecule has 1 aromatic heterocycles. The number of benzene rings is 2. The number of aliphatic hydroxyl groups is 1. The number of pyridine rings is 1. The molecular weight excluding hydrogens is 584 g/mol. The number of halogens is 2. The number of aliphatic hydroxyl groups excluding tert-OH is 1. The first-order valence-electron chi connectivity index (χ1n) is 15.6. The molecule has 2 aliphatic rings. The molecule has 0 amide bonds. The number of ether oxygens (including phenoxy) is 1. The van der Waals surface area contributed by atoms with Crippen LogP contribution in [-0.2, 0) is 11.2 Å². The summed E-state index contributed by atoms with van der Waals surface area (Å²) in [5.41, 5.74) is 2.27. The highest BCUT2D eigenvalue weighted by atomic mass is 32.2. The molecule has 3 N–H and O–H groups in total. The van der Waals surface area contributed by atoms with E-state index in [1.165, 1.54) is 29.5 Å². The average molecular weight is 630 g/mol. The van der Waals surface area contributed by atoms with Gasteiger partial charge >= 0.3 is 5.97 Å². The lowest BCUT2D eigenvalue weighted by Gasteiger charge is -2.38. The molecule has 3 atom stereocenters. The molecule has 2 saturated heterocycles. The summed E-state index contributed by atoms with van der Waals surface area (Å²) >= 11 is 1.47. The number of aromatic nitrogens is 1. The van der Waals surface area contributed by atoms with E-state index in [0.717, 1.165) is 99.7 Å². The molecule has 10 heteroatoms. The second-order valence-corrected chi connectivity index (χ2v) is 13.0. The van der Waals surface area contributed by atoms with Crippen LogP contribution in [0.5, 0.6) is 5.75 Å². The van der Waals surface area contributed by atoms with Crippen LogP contribution in [0.25, 0.3) is 10.9 Å². The summed E-state index contributed by atoms with van der Waals surface area (Å²) in [4.78, 5) is 17.7. The van der Waals surface area contributed by atoms with E-state index in [9.17, 15) is 18.7 Å². The van der Waals surface area contributed by atoms with Gasteiger partial charge in [-0.15, -0.1) is 11.8 Å². The minimum atomic E-state index is -0.672. The van der Waals surface area contributed by atoms with E-state index in [4.69, 9.17) is 9.84 Å². The van der Waals surface area contributed by atoms with E-state index in [1.807, 2.05) is 18.3 Å². The molecular formula is C34H45F2N3O4S. The number of likely N-dealkylation sites (tertiary alicyclic amines) is 1. The van der Waals surface area contributed by atoms with Gasteiger partial charge in [0.15, 0.2) is 0 Å². The van der Waals surface area contributed by atoms with Crippen molar-refractivity contribution in [3.63, 3.8) is 0 Å². The van der Waals surface area contributed by atoms with Crippen LogP contribution in [0.1, 0.15) is 44.1 Å². The topological polar surface area (TPSA) is 94.9 Å². The minimum absolute atomic E-state index is 0.193. The summed E-state index contributed by atoms with van der Waals surface area (Å²) < 4.78 is 32.1. The number of carboxylic acid groups (broad SMARTS) is 1. The Balaban J connectivity index is 0.000000375. The second kappa shape index (κ2) is 17.6. The van der Waals surface area contributed by atoms with Crippen molar-refractivity contribution in [1.29, 1.82) is 0 Å². The molecule has 3 heterocycles. The van der Waals surface area contributed by atoms with E-state index in [-0.39, 0.29) is 12.5 Å². The summed E-state index contributed by atoms with van der Waals surface area (Å²) in [5.74, 6) is 0.998. The third kappa shape index (κ3) is 10.7. The number of thioether (sulfide) groups is 1. The summed E-state index contributed by atoms with van der Waals surface area (Å²) in [7, 11) is 1.68. The number of carbonyl (C=O) groups is 1. The molecule has 0 spiro atoms. The molecule has 7 nitrogen and oxygen atoms in total. The van der Waals surface area contributed by atoms with Crippen LogP contribution in [0.3, 0.4) is 0 Å². The summed E-state index contributed by atoms with van der Waals surface area (Å²) in [6.07, 6.45) is 8.59. The fourth-order valence-electron chi connectivity index (χ4n) is 6.28. The number of hydrogen-bond acceptors (Lipinski definition) is 7. The molecule has 0 saturated carbocycles. The number of rotatable bonds is 12. The summed E-state index contributed by atoms with van der Waals surface area (Å²) in [6, 6.07) is 11.7. The molecule has 44 heavy (non-hydrogen) atoms. The molecule has 0 aliphatic carbocycles. The van der Waals surface area contributed by atoms with Crippen LogP contribution in [0.4, 0.5) is 8.78 Å². The molecule has 3 aromatic rings. The number of hydrogen-bond donors (Lipinski definition) is 3. The van der Waals surface area contributed by atoms with Crippen LogP contribution in [-0.4, -0.2) is 78.3 Å². The number of nitrogens with zero attached hydrogens (tertiary/aromatic N) is 2. The first-order chi connectivity index (χ1) is 21.3. The molecule has 240 valence electrons. The number of aryl methyl sites for hydroxylation is 1. The zero-order valence-corrected chi connectivity index (χ0v) is 26.3. The Bertz CT molecular complexity index is 1320. The summed E-state index contributed by atoms with van der Waals surface area (Å²) in [5, 5.41) is 22.8. The highest BCUT2D eigenvalue weighted by Crippen LogP contribution is 2.30. The van der Waals surface area contributed by atoms with Crippen molar-refractivity contribution in [2.24, 2.45) is 17.8 Å². The predicted octanol–water partition coefficient (Wildman–Crippen LogP) is 6.03. The standard InChI is InChI=1S/C27H32F2N2O2S.C7H13NO2/c1-33-24-5-6-27-26(16-24)20(7-9-30-27)4-2-3-19-8-10-31(17-21(19)18-32)11-12-34-25-14-22(28)13-23(29)15-25;9-7(10)4-6-2-1-3-8-5-6/h5-7,9,13-16,19,21,32H,2-4,8,10-12,17-18H2,1H3;6,8H,1-5H2,(H,9,10)/t19-,21-;/m1./s1. The molecule has 0 bridgehead atoms. The van der Waals surface area contributed by atoms with Gasteiger partial charge in [0.25, 0.3) is 0 Å². The smallest absolute Gasteiger partial charge is 0.303 e. The van der Waals surface area contributed by atoms with Crippen LogP contribution in [0, 0.1) is 29.4 Å². The van der Waals surface area contributed by atoms with Gasteiger partial charge < -0.3 is 25.2 Å². The number of aliphatic carboxylic acids is 1. The Labute approximate surface area is 263 Å². The number of nitrogens with one attached hydrogen (secondary N) is 1. The highest BCUT2D eigenvalue weighted by molar-refractivity contribution is 7.99. The van der Waals surface area contributed by atoms with Crippen LogP contribution in [0.2, 0.25) is 0 Å². The molecule has 5 rings (SSSR count). The fraction of sp³-hybridized carbons (Fsp3) is 0.529. The van der Waals surface area contributed by atoms with Crippen molar-refractivity contribution < 1.29 is 28.5 Å². The Morgan fingerprint density at radius 2 is 1.95 bits per heavy atom. The monoisotopic (exact) mass is 629 g/mol. The van der Waals surface area contributed by atoms with Gasteiger partial charge in [0.1, 0.15) is 17.4 Å². The number of methoxy groups -OCH3 is 1. The van der Waals surface area contributed by atoms with Crippen molar-refractivity contribution in [2.75, 3.05) is 52.2 Å². The SMILES string of the molecule is COc1ccc2nccc(CCC[C@@H]3CCN(CCSc4cc(F)cc(F)c4)C[C@@H]3CO)c2c1.O=C(O)CC1CCCNC1. The summed E-state index contributed by atoms with van der Waals surface area (Å²) in [6.45, 7) is 4.83. The zero-order chi connectivity index (χ0) is 31.3. The van der Waals surface area contributed by atoms with Gasteiger partial charge in [-0.1, -0.05) is 0 Å². The lowest BCUT2D eigenvalue weighted by atomic mass is 9.82. The van der Waals surface area contributed by atoms with Crippen LogP contribution < -0.4 is 10.1 Å². The van der Waals surface area contributed by atoms with E-state index in [0.29, 0.717) is 23.2 Å². The number of carboxylic acids is 1. The zero-order valence-electron chi connectivity index (χ0n) is 25.5. The van der Waals surface area contributed by atoms with Crippen LogP contribution in [0.15, 0.2) is 53.6 Å². The normalized spacial score (nSPS) is 20.6. The molecule has 2 aliphatic heterocycles. The Morgan fingerprint density at radius 3 is 2.66 bits per heavy atom. The largest absolute Gasteiger partial charge is 0.497 e. The average Bonchev–Trinajstić information content (AvgIpc) is 3.01. The minimum Gasteiger partial charge on any atom is -0.497 e. The predicted molar refractivity (Wildman–Crippen MR) is 171 cm³/mol. The lowest BCUT2D eigenvalue weighted by Crippen LogP contribution is -2.42. The van der Waals surface area contributed by atoms with E-state index in [1.54, 1.807) is 7.11 Å². The van der Waals surface area contributed by atoms with Gasteiger partial charge in [-0.3, -0.25) is 9.78 Å². The number of piperidine rings is 2. The van der Waals surface area contributed by atoms with Gasteiger partial charge in [0.05, 0.1) is 12.6 Å². The number of fused-ring (bicyclic) bond motifs is 1. The van der Waals surface area contributed by atoms with Crippen molar-refractivity contribution in [1.82, 2.24) is 15.2 Å².